The minimum atomic E-state index is -0.856. The number of ketones is 1. The van der Waals surface area contributed by atoms with Crippen LogP contribution in [0.3, 0.4) is 0 Å². The Labute approximate surface area is 220 Å². The Morgan fingerprint density at radius 1 is 1.03 bits per heavy atom. The van der Waals surface area contributed by atoms with Crippen LogP contribution < -0.4 is 9.64 Å². The van der Waals surface area contributed by atoms with Crippen LogP contribution in [0.1, 0.15) is 36.6 Å². The maximum atomic E-state index is 13.6. The van der Waals surface area contributed by atoms with Crippen molar-refractivity contribution in [2.24, 2.45) is 7.05 Å². The molecular formula is C30H27ClN2O4. The molecular weight excluding hydrogens is 488 g/mol. The third kappa shape index (κ3) is 4.17. The van der Waals surface area contributed by atoms with Crippen LogP contribution in [0.25, 0.3) is 16.7 Å². The molecule has 1 aliphatic rings. The molecule has 0 saturated carbocycles. The fourth-order valence-electron chi connectivity index (χ4n) is 4.96. The lowest BCUT2D eigenvalue weighted by atomic mass is 9.94. The predicted octanol–water partition coefficient (Wildman–Crippen LogP) is 6.42. The number of benzene rings is 3. The molecule has 4 aromatic rings. The SMILES string of the molecule is CCOc1ccc(Cl)c(/C(O)=C2\C(=O)C(=O)N(c3ccc(CC)cc3)C2c2cn(C)c3ccccc23)c1. The first-order valence-electron chi connectivity index (χ1n) is 12.2. The Hall–Kier alpha value is -4.03. The van der Waals surface area contributed by atoms with Crippen molar-refractivity contribution in [2.45, 2.75) is 26.3 Å². The van der Waals surface area contributed by atoms with Gasteiger partial charge in [0.1, 0.15) is 11.5 Å². The van der Waals surface area contributed by atoms with E-state index in [0.29, 0.717) is 18.0 Å². The summed E-state index contributed by atoms with van der Waals surface area (Å²) in [6, 6.07) is 19.4. The zero-order valence-corrected chi connectivity index (χ0v) is 21.6. The third-order valence-electron chi connectivity index (χ3n) is 6.79. The number of rotatable bonds is 6. The maximum Gasteiger partial charge on any atom is 0.300 e. The number of aromatic nitrogens is 1. The lowest BCUT2D eigenvalue weighted by molar-refractivity contribution is -0.132. The number of para-hydroxylation sites is 1. The van der Waals surface area contributed by atoms with E-state index >= 15 is 0 Å². The highest BCUT2D eigenvalue weighted by Gasteiger charge is 2.48. The zero-order chi connectivity index (χ0) is 26.3. The van der Waals surface area contributed by atoms with Crippen molar-refractivity contribution in [3.05, 3.63) is 100 Å². The highest BCUT2D eigenvalue weighted by atomic mass is 35.5. The molecule has 1 amide bonds. The number of aliphatic hydroxyl groups is 1. The summed E-state index contributed by atoms with van der Waals surface area (Å²) < 4.78 is 7.54. The summed E-state index contributed by atoms with van der Waals surface area (Å²) >= 11 is 6.47. The van der Waals surface area contributed by atoms with E-state index < -0.39 is 17.7 Å². The van der Waals surface area contributed by atoms with E-state index in [2.05, 4.69) is 6.92 Å². The largest absolute Gasteiger partial charge is 0.507 e. The summed E-state index contributed by atoms with van der Waals surface area (Å²) in [6.45, 7) is 4.33. The van der Waals surface area contributed by atoms with Gasteiger partial charge in [-0.25, -0.2) is 0 Å². The van der Waals surface area contributed by atoms with Crippen molar-refractivity contribution in [1.29, 1.82) is 0 Å². The summed E-state index contributed by atoms with van der Waals surface area (Å²) in [5, 5.41) is 12.7. The van der Waals surface area contributed by atoms with Crippen molar-refractivity contribution in [3.8, 4) is 5.75 Å². The van der Waals surface area contributed by atoms with Crippen LogP contribution >= 0.6 is 11.6 Å². The molecule has 1 N–H and O–H groups in total. The van der Waals surface area contributed by atoms with Crippen LogP contribution in [0.4, 0.5) is 5.69 Å². The number of fused-ring (bicyclic) bond motifs is 1. The molecule has 1 aromatic heterocycles. The van der Waals surface area contributed by atoms with E-state index in [1.165, 1.54) is 4.90 Å². The first kappa shape index (κ1) is 24.7. The fraction of sp³-hybridized carbons (Fsp3) is 0.200. The molecule has 6 nitrogen and oxygen atoms in total. The molecule has 0 radical (unpaired) electrons. The quantitative estimate of drug-likeness (QED) is 0.183. The summed E-state index contributed by atoms with van der Waals surface area (Å²) in [5.74, 6) is -1.32. The molecule has 7 heteroatoms. The number of anilines is 1. The van der Waals surface area contributed by atoms with Crippen LogP contribution in [0.2, 0.25) is 5.02 Å². The van der Waals surface area contributed by atoms with E-state index in [-0.39, 0.29) is 21.9 Å². The minimum absolute atomic E-state index is 0.0172. The molecule has 1 unspecified atom stereocenters. The third-order valence-corrected chi connectivity index (χ3v) is 7.12. The normalized spacial score (nSPS) is 17.1. The van der Waals surface area contributed by atoms with Gasteiger partial charge in [-0.05, 0) is 55.3 Å². The molecule has 2 heterocycles. The number of Topliss-reactive ketones (excluding diaryl/α,β-unsaturated/α-hetero) is 1. The summed E-state index contributed by atoms with van der Waals surface area (Å²) in [7, 11) is 1.91. The second-order valence-electron chi connectivity index (χ2n) is 8.98. The minimum Gasteiger partial charge on any atom is -0.507 e. The van der Waals surface area contributed by atoms with Gasteiger partial charge in [-0.3, -0.25) is 14.5 Å². The Morgan fingerprint density at radius 3 is 2.46 bits per heavy atom. The number of hydrogen-bond donors (Lipinski definition) is 1. The van der Waals surface area contributed by atoms with Crippen LogP contribution in [0.15, 0.2) is 78.5 Å². The van der Waals surface area contributed by atoms with Gasteiger partial charge < -0.3 is 14.4 Å². The van der Waals surface area contributed by atoms with Gasteiger partial charge in [0.25, 0.3) is 11.7 Å². The lowest BCUT2D eigenvalue weighted by Crippen LogP contribution is -2.29. The average molecular weight is 515 g/mol. The van der Waals surface area contributed by atoms with Crippen molar-refractivity contribution >= 4 is 45.6 Å². The first-order valence-corrected chi connectivity index (χ1v) is 12.6. The van der Waals surface area contributed by atoms with Crippen LogP contribution in [-0.4, -0.2) is 28.0 Å². The highest BCUT2D eigenvalue weighted by Crippen LogP contribution is 2.45. The van der Waals surface area contributed by atoms with Gasteiger partial charge in [0, 0.05) is 41.0 Å². The molecule has 1 aliphatic heterocycles. The van der Waals surface area contributed by atoms with Crippen molar-refractivity contribution in [1.82, 2.24) is 4.57 Å². The van der Waals surface area contributed by atoms with E-state index in [0.717, 1.165) is 28.5 Å². The molecule has 1 fully saturated rings. The first-order chi connectivity index (χ1) is 17.8. The molecule has 37 heavy (non-hydrogen) atoms. The Kier molecular flexibility index (Phi) is 6.52. The highest BCUT2D eigenvalue weighted by molar-refractivity contribution is 6.52. The van der Waals surface area contributed by atoms with E-state index in [4.69, 9.17) is 16.3 Å². The second-order valence-corrected chi connectivity index (χ2v) is 9.38. The number of carbonyl (C=O) groups is 2. The molecule has 0 aliphatic carbocycles. The van der Waals surface area contributed by atoms with Gasteiger partial charge in [-0.1, -0.05) is 48.9 Å². The van der Waals surface area contributed by atoms with Crippen molar-refractivity contribution in [2.75, 3.05) is 11.5 Å². The molecule has 5 rings (SSSR count). The van der Waals surface area contributed by atoms with Gasteiger partial charge in [0.2, 0.25) is 0 Å². The van der Waals surface area contributed by atoms with Crippen molar-refractivity contribution in [3.63, 3.8) is 0 Å². The van der Waals surface area contributed by atoms with Crippen LogP contribution in [0.5, 0.6) is 5.75 Å². The number of aryl methyl sites for hydroxylation is 2. The standard InChI is InChI=1S/C30H27ClN2O4/c1-4-18-10-12-19(13-11-18)33-27(23-17-32(3)25-9-7-6-8-21(23)25)26(29(35)30(33)36)28(34)22-16-20(37-5-2)14-15-24(22)31/h6-17,27,34H,4-5H2,1-3H3/b28-26+. The Morgan fingerprint density at radius 2 is 1.76 bits per heavy atom. The molecule has 3 aromatic carbocycles. The van der Waals surface area contributed by atoms with Gasteiger partial charge in [-0.2, -0.15) is 0 Å². The monoisotopic (exact) mass is 514 g/mol. The number of nitrogens with zero attached hydrogens (tertiary/aromatic N) is 2. The molecule has 1 atom stereocenters. The predicted molar refractivity (Wildman–Crippen MR) is 146 cm³/mol. The van der Waals surface area contributed by atoms with Gasteiger partial charge >= 0.3 is 0 Å². The summed E-state index contributed by atoms with van der Waals surface area (Å²) in [6.07, 6.45) is 2.75. The number of halogens is 1. The summed E-state index contributed by atoms with van der Waals surface area (Å²) in [4.78, 5) is 28.6. The smallest absolute Gasteiger partial charge is 0.300 e. The number of aliphatic hydroxyl groups excluding tert-OH is 1. The van der Waals surface area contributed by atoms with Crippen LogP contribution in [0, 0.1) is 0 Å². The number of hydrogen-bond acceptors (Lipinski definition) is 4. The van der Waals surface area contributed by atoms with Crippen molar-refractivity contribution < 1.29 is 19.4 Å². The van der Waals surface area contributed by atoms with E-state index in [1.807, 2.05) is 73.3 Å². The topological polar surface area (TPSA) is 71.8 Å². The molecule has 0 spiro atoms. The fourth-order valence-corrected chi connectivity index (χ4v) is 5.17. The maximum absolute atomic E-state index is 13.6. The van der Waals surface area contributed by atoms with E-state index in [9.17, 15) is 14.7 Å². The zero-order valence-electron chi connectivity index (χ0n) is 20.9. The summed E-state index contributed by atoms with van der Waals surface area (Å²) in [5.41, 5.74) is 3.58. The van der Waals surface area contributed by atoms with Crippen LogP contribution in [-0.2, 0) is 23.1 Å². The Bertz CT molecular complexity index is 1550. The average Bonchev–Trinajstić information content (AvgIpc) is 3.38. The van der Waals surface area contributed by atoms with Gasteiger partial charge in [0.05, 0.1) is 23.2 Å². The molecule has 1 saturated heterocycles. The lowest BCUT2D eigenvalue weighted by Gasteiger charge is -2.25. The van der Waals surface area contributed by atoms with Gasteiger partial charge in [0.15, 0.2) is 0 Å². The molecule has 0 bridgehead atoms. The van der Waals surface area contributed by atoms with Gasteiger partial charge in [-0.15, -0.1) is 0 Å². The molecule has 188 valence electrons. The number of amides is 1. The second kappa shape index (κ2) is 9.79. The Balaban J connectivity index is 1.78. The number of carbonyl (C=O) groups excluding carboxylic acids is 2. The van der Waals surface area contributed by atoms with E-state index in [1.54, 1.807) is 18.2 Å². The number of ether oxygens (including phenoxy) is 1.